The van der Waals surface area contributed by atoms with Gasteiger partial charge in [-0.15, -0.1) is 0 Å². The van der Waals surface area contributed by atoms with Gasteiger partial charge in [-0.2, -0.15) is 52.7 Å². The third-order valence-electron chi connectivity index (χ3n) is 15.3. The predicted octanol–water partition coefficient (Wildman–Crippen LogP) is 9.36. The average Bonchev–Trinajstić information content (AvgIpc) is 1.53. The first-order valence-electron chi connectivity index (χ1n) is 29.6. The molecule has 7 N–H and O–H groups in total. The number of aliphatic hydroxyl groups excluding tert-OH is 3. The number of nitrogens with zero attached hydrogens (tertiary/aromatic N) is 6. The zero-order valence-corrected chi connectivity index (χ0v) is 63.0. The zero-order chi connectivity index (χ0) is 78.2. The number of benzene rings is 4. The first kappa shape index (κ1) is 95.5. The molecule has 2 fully saturated rings. The van der Waals surface area contributed by atoms with Gasteiger partial charge >= 0.3 is 74.4 Å². The van der Waals surface area contributed by atoms with Crippen molar-refractivity contribution in [1.29, 1.82) is 0 Å². The van der Waals surface area contributed by atoms with Crippen molar-refractivity contribution in [3.63, 3.8) is 0 Å². The number of hydrogen-bond donors (Lipinski definition) is 6. The molecule has 3 aromatic heterocycles. The van der Waals surface area contributed by atoms with E-state index in [1.807, 2.05) is 27.7 Å². The number of hydrogen-bond acceptors (Lipinski definition) is 20. The van der Waals surface area contributed by atoms with Crippen LogP contribution in [0.5, 0.6) is 0 Å². The van der Waals surface area contributed by atoms with Crippen molar-refractivity contribution in [1.82, 2.24) is 29.9 Å². The van der Waals surface area contributed by atoms with Gasteiger partial charge in [0.1, 0.15) is 27.6 Å². The van der Waals surface area contributed by atoms with Gasteiger partial charge in [-0.1, -0.05) is 40.2 Å². The molecule has 0 amide bonds. The second-order valence-corrected chi connectivity index (χ2v) is 26.1. The third kappa shape index (κ3) is 28.0. The molecule has 0 unspecified atom stereocenters. The van der Waals surface area contributed by atoms with Gasteiger partial charge in [0.15, 0.2) is 33.7 Å². The summed E-state index contributed by atoms with van der Waals surface area (Å²) in [6.45, 7) is 18.8. The summed E-state index contributed by atoms with van der Waals surface area (Å²) in [4.78, 5) is 67.3. The summed E-state index contributed by atoms with van der Waals surface area (Å²) in [5.74, 6) is -3.58. The number of Topliss-reactive ketones (excluding diaryl/α,β-unsaturated/α-hetero) is 3. The van der Waals surface area contributed by atoms with Crippen LogP contribution in [0.1, 0.15) is 147 Å². The number of halogens is 14. The fourth-order valence-electron chi connectivity index (χ4n) is 7.66. The molecule has 2 saturated heterocycles. The van der Waals surface area contributed by atoms with E-state index in [1.165, 1.54) is 36.9 Å². The Morgan fingerprint density at radius 1 is 0.452 bits per heavy atom. The number of ketones is 3. The van der Waals surface area contributed by atoms with E-state index in [2.05, 4.69) is 61.8 Å². The number of aromatic nitrogens is 6. The molecule has 0 aliphatic carbocycles. The molecule has 0 atom stereocenters. The number of carbonyl (C=O) groups excluding carboxylic acids is 3. The van der Waals surface area contributed by atoms with Crippen LogP contribution in [0, 0.1) is 0 Å². The predicted molar refractivity (Wildman–Crippen MR) is 359 cm³/mol. The number of aliphatic hydroxyl groups is 5. The van der Waals surface area contributed by atoms with E-state index in [-0.39, 0.29) is 101 Å². The third-order valence-corrected chi connectivity index (χ3v) is 16.4. The van der Waals surface area contributed by atoms with Crippen LogP contribution in [0.4, 0.5) is 52.7 Å². The van der Waals surface area contributed by atoms with E-state index in [1.54, 1.807) is 73.8 Å². The molecule has 21 nitrogen and oxygen atoms in total. The summed E-state index contributed by atoms with van der Waals surface area (Å²) in [5.41, 5.74) is -9.06. The van der Waals surface area contributed by atoms with E-state index in [0.29, 0.717) is 4.73 Å². The molecule has 5 heterocycles. The number of rotatable bonds is 11. The topological polar surface area (TPSA) is 334 Å². The summed E-state index contributed by atoms with van der Waals surface area (Å²) >= 11 is 5.82. The Hall–Kier alpha value is -6.49. The molecule has 2 radical (unpaired) electrons. The molecule has 104 heavy (non-hydrogen) atoms. The van der Waals surface area contributed by atoms with Gasteiger partial charge < -0.3 is 54.7 Å². The van der Waals surface area contributed by atoms with Crippen LogP contribution >= 0.6 is 31.9 Å². The summed E-state index contributed by atoms with van der Waals surface area (Å²) in [6, 6.07) is 15.9. The normalized spacial score (nSPS) is 14.8. The van der Waals surface area contributed by atoms with Crippen molar-refractivity contribution in [3.8, 4) is 22.8 Å². The smallest absolute Gasteiger partial charge is 0.870 e. The minimum absolute atomic E-state index is 0. The maximum Gasteiger partial charge on any atom is 1.00 e. The molecule has 2 aliphatic rings. The molecule has 9 rings (SSSR count). The number of carboxylic acid groups (broad SMARTS) is 1. The minimum atomic E-state index is -4.61. The SMILES string of the molecule is Brc1ncccn1.CC(C)(O)C(C)(C)O.CC1(C)OB(c2cc(C(=O)CO)ccc2C(F)(F)F)OC1(C)C.O=C(CO)c1ccc(C(F)(F)F)c(-c2ncccn2)c1.O=C(CO)c1ccc(C(F)(F)F)c(Br)c1.O=C(O)c1ccc(C(F)(F)F)c(-c2ncccn2)c1.[B]B1OC(C)(C)C(C)(C)O1.[Na+].[OH-]. The molecule has 7 aromatic rings. The van der Waals surface area contributed by atoms with Gasteiger partial charge in [0, 0.05) is 69.5 Å². The monoisotopic (exact) mass is 1620 g/mol. The standard InChI is InChI=1S/C15H18BF3O4.C13H9F3N2O2.C12H7F3N2O2.C9H6BrF3O2.C6H12B2O2.C6H14O2.C4H3BrN2.Na.H2O/c1-13(2)14(3,4)23-16(22-13)11-7-9(12(21)8-20)5-6-10(11)15(17,18)19;14-13(15,16)10-3-2-8(11(20)7-19)6-9(10)12-17-4-1-5-18-12;13-12(14,15)9-3-2-7(11(18)19)6-8(9)10-16-4-1-5-17-10;10-7-3-5(8(15)4-14)1-2-6(7)9(11,12)13;1-5(2)6(3,4)10-8(7)9-5;1-5(2,7)6(3,4)8;5-4-6-2-1-3-7-4;;/h5-7,20H,8H2,1-4H3;1-6,19H,7H2;1-6H,(H,18,19);1-3,14H,4H2;1-4H3;7-8H,1-4H3;1-3H;;1H2/q;;;;;;;+1;/p-1. The molecule has 0 saturated carbocycles. The van der Waals surface area contributed by atoms with Crippen LogP contribution in [0.15, 0.2) is 137 Å². The van der Waals surface area contributed by atoms with Crippen molar-refractivity contribution in [2.75, 3.05) is 19.8 Å². The summed E-state index contributed by atoms with van der Waals surface area (Å²) in [7, 11) is 3.63. The Morgan fingerprint density at radius 3 is 1.00 bits per heavy atom. The van der Waals surface area contributed by atoms with Gasteiger partial charge in [0.25, 0.3) is 0 Å². The van der Waals surface area contributed by atoms with Gasteiger partial charge in [-0.25, -0.2) is 34.7 Å². The average molecular weight is 1620 g/mol. The molecular formula is C65H70B3Br2F12N6NaO15. The first-order valence-corrected chi connectivity index (χ1v) is 31.2. The summed E-state index contributed by atoms with van der Waals surface area (Å²) in [5, 5.41) is 53.2. The number of carboxylic acids is 1. The number of aromatic carboxylic acids is 1. The van der Waals surface area contributed by atoms with Crippen LogP contribution < -0.4 is 35.0 Å². The van der Waals surface area contributed by atoms with Crippen molar-refractivity contribution in [3.05, 3.63) is 182 Å². The molecule has 2 aliphatic heterocycles. The second-order valence-electron chi connectivity index (χ2n) is 24.6. The van der Waals surface area contributed by atoms with Crippen molar-refractivity contribution in [2.45, 2.75) is 141 Å². The molecule has 4 aromatic carbocycles. The van der Waals surface area contributed by atoms with Gasteiger partial charge in [0.2, 0.25) is 0 Å². The molecule has 558 valence electrons. The Morgan fingerprint density at radius 2 is 0.731 bits per heavy atom. The Kier molecular flexibility index (Phi) is 35.7. The fraction of sp³-hybridized carbons (Fsp3) is 0.385. The van der Waals surface area contributed by atoms with Crippen molar-refractivity contribution >= 4 is 82.5 Å². The minimum Gasteiger partial charge on any atom is -0.870 e. The Balaban J connectivity index is 0.000000625. The Labute approximate surface area is 630 Å². The van der Waals surface area contributed by atoms with E-state index >= 15 is 0 Å². The number of alkyl halides is 12. The summed E-state index contributed by atoms with van der Waals surface area (Å²) < 4.78 is 177. The van der Waals surface area contributed by atoms with Crippen LogP contribution in [0.3, 0.4) is 0 Å². The van der Waals surface area contributed by atoms with E-state index in [0.717, 1.165) is 72.8 Å². The van der Waals surface area contributed by atoms with Gasteiger partial charge in [-0.3, -0.25) is 14.4 Å². The molecule has 39 heteroatoms. The van der Waals surface area contributed by atoms with Crippen LogP contribution in [0.25, 0.3) is 22.8 Å². The Bertz CT molecular complexity index is 3920. The van der Waals surface area contributed by atoms with Crippen molar-refractivity contribution in [2.24, 2.45) is 0 Å². The molecular weight excluding hydrogens is 1550 g/mol. The first-order chi connectivity index (χ1) is 46.6. The van der Waals surface area contributed by atoms with Crippen molar-refractivity contribution < 1.29 is 156 Å². The van der Waals surface area contributed by atoms with E-state index in [9.17, 15) is 71.9 Å². The van der Waals surface area contributed by atoms with E-state index < -0.39 is 127 Å². The largest absolute Gasteiger partial charge is 1.00 e. The maximum atomic E-state index is 13.3. The van der Waals surface area contributed by atoms with E-state index in [4.69, 9.17) is 57.0 Å². The molecule has 0 spiro atoms. The van der Waals surface area contributed by atoms with Crippen LogP contribution in [-0.2, 0) is 43.3 Å². The van der Waals surface area contributed by atoms with Crippen LogP contribution in [0.2, 0.25) is 0 Å². The van der Waals surface area contributed by atoms with Gasteiger partial charge in [-0.05, 0) is 171 Å². The second kappa shape index (κ2) is 38.9. The zero-order valence-electron chi connectivity index (χ0n) is 57.8. The van der Waals surface area contributed by atoms with Crippen LogP contribution in [-0.4, -0.2) is 165 Å². The molecule has 0 bridgehead atoms. The maximum absolute atomic E-state index is 13.3. The fourth-order valence-corrected chi connectivity index (χ4v) is 8.50. The van der Waals surface area contributed by atoms with Gasteiger partial charge in [0.05, 0.1) is 61.4 Å². The summed E-state index contributed by atoms with van der Waals surface area (Å²) in [6.07, 6.45) is -9.72. The number of carbonyl (C=O) groups is 4. The quantitative estimate of drug-likeness (QED) is 0.0304.